The van der Waals surface area contributed by atoms with Gasteiger partial charge in [-0.2, -0.15) is 0 Å². The lowest BCUT2D eigenvalue weighted by Crippen LogP contribution is -2.48. The molecule has 0 aliphatic heterocycles. The second-order valence-electron chi connectivity index (χ2n) is 7.88. The van der Waals surface area contributed by atoms with Crippen molar-refractivity contribution in [1.29, 1.82) is 0 Å². The average Bonchev–Trinajstić information content (AvgIpc) is 2.80. The van der Waals surface area contributed by atoms with Crippen LogP contribution in [0.1, 0.15) is 31.8 Å². The van der Waals surface area contributed by atoms with Crippen LogP contribution in [-0.4, -0.2) is 41.1 Å². The summed E-state index contributed by atoms with van der Waals surface area (Å²) in [6, 6.07) is 16.7. The first-order valence-corrected chi connectivity index (χ1v) is 11.3. The zero-order valence-corrected chi connectivity index (χ0v) is 20.7. The molecule has 3 rings (SSSR count). The number of hydrogen-bond donors (Lipinski definition) is 2. The van der Waals surface area contributed by atoms with Gasteiger partial charge in [-0.3, -0.25) is 4.79 Å². The molecule has 0 radical (unpaired) electrons. The summed E-state index contributed by atoms with van der Waals surface area (Å²) < 4.78 is 10.4. The Balaban J connectivity index is 1.94. The first kappa shape index (κ1) is 26.7. The van der Waals surface area contributed by atoms with E-state index in [1.165, 1.54) is 42.5 Å². The second-order valence-corrected chi connectivity index (χ2v) is 8.75. The van der Waals surface area contributed by atoms with Crippen LogP contribution in [0.5, 0.6) is 0 Å². The highest BCUT2D eigenvalue weighted by Gasteiger charge is 2.41. The Bertz CT molecular complexity index is 1300. The number of benzene rings is 3. The van der Waals surface area contributed by atoms with Gasteiger partial charge in [-0.25, -0.2) is 14.4 Å². The number of rotatable bonds is 8. The molecule has 0 aliphatic rings. The molecule has 0 heterocycles. The van der Waals surface area contributed by atoms with Gasteiger partial charge in [0.05, 0.1) is 11.1 Å². The number of halogens is 2. The molecule has 10 heteroatoms. The number of esters is 2. The standard InChI is InChI=1S/C26H21Cl2NO7/c1-14-5-3-7-16(9-14)25(33)35-21(23(30)29-20-12-18(27)11-19(28)13-20)22(24(31)32)36-26(34)17-8-4-6-15(2)10-17/h3-13,21-22H,1-2H3,(H,29,30)(H,31,32)/t21-,22-/m1/s1. The smallest absolute Gasteiger partial charge is 0.349 e. The maximum atomic E-state index is 13.2. The van der Waals surface area contributed by atoms with E-state index in [1.807, 2.05) is 0 Å². The number of nitrogens with one attached hydrogen (secondary N) is 1. The van der Waals surface area contributed by atoms with E-state index in [0.717, 1.165) is 11.1 Å². The lowest BCUT2D eigenvalue weighted by molar-refractivity contribution is -0.157. The summed E-state index contributed by atoms with van der Waals surface area (Å²) in [5, 5.41) is 12.6. The van der Waals surface area contributed by atoms with E-state index < -0.39 is 36.0 Å². The summed E-state index contributed by atoms with van der Waals surface area (Å²) in [6.45, 7) is 3.48. The van der Waals surface area contributed by atoms with Gasteiger partial charge in [0.1, 0.15) is 0 Å². The van der Waals surface area contributed by atoms with Gasteiger partial charge >= 0.3 is 17.9 Å². The Morgan fingerprint density at radius 2 is 1.22 bits per heavy atom. The van der Waals surface area contributed by atoms with Crippen LogP contribution >= 0.6 is 23.2 Å². The zero-order valence-electron chi connectivity index (χ0n) is 19.2. The van der Waals surface area contributed by atoms with Crippen molar-refractivity contribution in [3.63, 3.8) is 0 Å². The molecular weight excluding hydrogens is 509 g/mol. The third kappa shape index (κ3) is 7.07. The Hall–Kier alpha value is -3.88. The van der Waals surface area contributed by atoms with Crippen LogP contribution < -0.4 is 5.32 Å². The number of carbonyl (C=O) groups is 4. The summed E-state index contributed by atoms with van der Waals surface area (Å²) >= 11 is 11.9. The number of anilines is 1. The molecule has 0 saturated heterocycles. The Labute approximate surface area is 216 Å². The molecule has 36 heavy (non-hydrogen) atoms. The number of carboxylic acid groups (broad SMARTS) is 1. The molecule has 0 aromatic heterocycles. The van der Waals surface area contributed by atoms with Crippen molar-refractivity contribution in [2.75, 3.05) is 5.32 Å². The highest BCUT2D eigenvalue weighted by Crippen LogP contribution is 2.23. The van der Waals surface area contributed by atoms with Crippen molar-refractivity contribution in [1.82, 2.24) is 0 Å². The third-order valence-corrected chi connectivity index (χ3v) is 5.32. The van der Waals surface area contributed by atoms with Crippen LogP contribution in [0.15, 0.2) is 66.7 Å². The van der Waals surface area contributed by atoms with Gasteiger partial charge < -0.3 is 19.9 Å². The van der Waals surface area contributed by atoms with Crippen LogP contribution in [0.3, 0.4) is 0 Å². The SMILES string of the molecule is Cc1cccc(C(=O)O[C@@H](C(=O)O)[C@@H](OC(=O)c2cccc(C)c2)C(=O)Nc2cc(Cl)cc(Cl)c2)c1. The highest BCUT2D eigenvalue weighted by atomic mass is 35.5. The highest BCUT2D eigenvalue weighted by molar-refractivity contribution is 6.35. The van der Waals surface area contributed by atoms with Gasteiger partial charge in [0.15, 0.2) is 0 Å². The fourth-order valence-electron chi connectivity index (χ4n) is 3.24. The van der Waals surface area contributed by atoms with Crippen LogP contribution in [-0.2, 0) is 19.1 Å². The predicted octanol–water partition coefficient (Wildman–Crippen LogP) is 5.08. The van der Waals surface area contributed by atoms with Crippen molar-refractivity contribution < 1.29 is 33.8 Å². The topological polar surface area (TPSA) is 119 Å². The molecule has 3 aromatic carbocycles. The monoisotopic (exact) mass is 529 g/mol. The van der Waals surface area contributed by atoms with Gasteiger partial charge in [0.2, 0.25) is 12.2 Å². The minimum Gasteiger partial charge on any atom is -0.478 e. The van der Waals surface area contributed by atoms with Gasteiger partial charge in [0.25, 0.3) is 5.91 Å². The molecule has 0 fully saturated rings. The fraction of sp³-hybridized carbons (Fsp3) is 0.154. The van der Waals surface area contributed by atoms with E-state index in [0.29, 0.717) is 0 Å². The number of carbonyl (C=O) groups excluding carboxylic acids is 3. The van der Waals surface area contributed by atoms with E-state index in [1.54, 1.807) is 38.1 Å². The quantitative estimate of drug-likeness (QED) is 0.390. The van der Waals surface area contributed by atoms with E-state index >= 15 is 0 Å². The normalized spacial score (nSPS) is 12.2. The van der Waals surface area contributed by atoms with E-state index in [-0.39, 0.29) is 26.9 Å². The first-order valence-electron chi connectivity index (χ1n) is 10.6. The van der Waals surface area contributed by atoms with Gasteiger partial charge in [-0.05, 0) is 56.3 Å². The number of carboxylic acids is 1. The Morgan fingerprint density at radius 1 is 0.750 bits per heavy atom. The van der Waals surface area contributed by atoms with E-state index in [4.69, 9.17) is 32.7 Å². The second kappa shape index (κ2) is 11.7. The first-order chi connectivity index (χ1) is 17.0. The van der Waals surface area contributed by atoms with Crippen molar-refractivity contribution in [3.05, 3.63) is 99.0 Å². The largest absolute Gasteiger partial charge is 0.478 e. The predicted molar refractivity (Wildman–Crippen MR) is 133 cm³/mol. The minimum absolute atomic E-state index is 0.0621. The zero-order chi connectivity index (χ0) is 26.4. The van der Waals surface area contributed by atoms with Crippen molar-refractivity contribution in [2.45, 2.75) is 26.1 Å². The molecule has 2 N–H and O–H groups in total. The molecule has 2 atom stereocenters. The Morgan fingerprint density at radius 3 is 1.67 bits per heavy atom. The number of hydrogen-bond acceptors (Lipinski definition) is 6. The average molecular weight is 530 g/mol. The minimum atomic E-state index is -2.17. The van der Waals surface area contributed by atoms with Crippen LogP contribution in [0.25, 0.3) is 0 Å². The van der Waals surface area contributed by atoms with Gasteiger partial charge in [-0.1, -0.05) is 58.6 Å². The number of aliphatic carboxylic acids is 1. The summed E-state index contributed by atoms with van der Waals surface area (Å²) in [5.41, 5.74) is 1.72. The maximum absolute atomic E-state index is 13.2. The van der Waals surface area contributed by atoms with Gasteiger partial charge in [-0.15, -0.1) is 0 Å². The molecule has 0 unspecified atom stereocenters. The molecule has 186 valence electrons. The molecule has 3 aromatic rings. The van der Waals surface area contributed by atoms with E-state index in [2.05, 4.69) is 5.32 Å². The summed E-state index contributed by atoms with van der Waals surface area (Å²) in [4.78, 5) is 50.8. The third-order valence-electron chi connectivity index (χ3n) is 4.88. The molecule has 8 nitrogen and oxygen atoms in total. The fourth-order valence-corrected chi connectivity index (χ4v) is 3.77. The lowest BCUT2D eigenvalue weighted by Gasteiger charge is -2.23. The van der Waals surface area contributed by atoms with Crippen molar-refractivity contribution >= 4 is 52.7 Å². The summed E-state index contributed by atoms with van der Waals surface area (Å²) in [7, 11) is 0. The summed E-state index contributed by atoms with van der Waals surface area (Å²) in [6.07, 6.45) is -4.22. The number of aryl methyl sites for hydroxylation is 2. The van der Waals surface area contributed by atoms with E-state index in [9.17, 15) is 24.3 Å². The van der Waals surface area contributed by atoms with Crippen molar-refractivity contribution in [2.24, 2.45) is 0 Å². The summed E-state index contributed by atoms with van der Waals surface area (Å²) in [5.74, 6) is -4.77. The van der Waals surface area contributed by atoms with Crippen LogP contribution in [0.4, 0.5) is 5.69 Å². The lowest BCUT2D eigenvalue weighted by atomic mass is 10.1. The molecule has 0 spiro atoms. The number of ether oxygens (including phenoxy) is 2. The van der Waals surface area contributed by atoms with Crippen molar-refractivity contribution in [3.8, 4) is 0 Å². The molecular formula is C26H21Cl2NO7. The van der Waals surface area contributed by atoms with Gasteiger partial charge in [0, 0.05) is 15.7 Å². The maximum Gasteiger partial charge on any atom is 0.349 e. The molecule has 0 saturated carbocycles. The molecule has 0 bridgehead atoms. The van der Waals surface area contributed by atoms with Crippen LogP contribution in [0, 0.1) is 13.8 Å². The van der Waals surface area contributed by atoms with Crippen LogP contribution in [0.2, 0.25) is 10.0 Å². The molecule has 1 amide bonds. The Kier molecular flexibility index (Phi) is 8.68. The number of amides is 1. The molecule has 0 aliphatic carbocycles.